The van der Waals surface area contributed by atoms with E-state index in [-0.39, 0.29) is 29.1 Å². The first-order valence-corrected chi connectivity index (χ1v) is 12.0. The van der Waals surface area contributed by atoms with E-state index in [0.717, 1.165) is 12.3 Å². The largest absolute Gasteiger partial charge is 0.504 e. The first kappa shape index (κ1) is 28.5. The molecule has 13 heteroatoms. The lowest BCUT2D eigenvalue weighted by atomic mass is 9.85. The standard InChI is InChI=1S/C26H30O13/c1-11-16(29)8-13-14(24(33)34)10-36-25(20(11)13)39-26-23(22(32)21(31)18(9-27)37-26)38-19(30)6-4-12-3-5-15(28)17(7-12)35-2/h3-7,10,13,16,18,20-23,25-29,31-32H,1,8-9H2,2H3,(H,33,34)/b6-4+/t13-,16+,18-,20-,21-,22+,23-,25+,26+/m1/s1. The molecule has 3 aliphatic rings. The lowest BCUT2D eigenvalue weighted by Crippen LogP contribution is -2.61. The monoisotopic (exact) mass is 550 g/mol. The van der Waals surface area contributed by atoms with Gasteiger partial charge in [-0.25, -0.2) is 9.59 Å². The number of hydrogen-bond acceptors (Lipinski definition) is 12. The van der Waals surface area contributed by atoms with Crippen molar-refractivity contribution < 1.29 is 63.9 Å². The van der Waals surface area contributed by atoms with Crippen LogP contribution in [0, 0.1) is 11.8 Å². The van der Waals surface area contributed by atoms with Gasteiger partial charge >= 0.3 is 11.9 Å². The van der Waals surface area contributed by atoms with Crippen molar-refractivity contribution in [3.63, 3.8) is 0 Å². The van der Waals surface area contributed by atoms with Crippen LogP contribution in [0.5, 0.6) is 11.5 Å². The van der Waals surface area contributed by atoms with Gasteiger partial charge in [-0.1, -0.05) is 12.6 Å². The van der Waals surface area contributed by atoms with Crippen molar-refractivity contribution in [1.82, 2.24) is 0 Å². The van der Waals surface area contributed by atoms with Crippen molar-refractivity contribution in [1.29, 1.82) is 0 Å². The van der Waals surface area contributed by atoms with Gasteiger partial charge in [0.15, 0.2) is 17.6 Å². The van der Waals surface area contributed by atoms with Gasteiger partial charge in [0.25, 0.3) is 0 Å². The molecular formula is C26H30O13. The van der Waals surface area contributed by atoms with Crippen molar-refractivity contribution >= 4 is 18.0 Å². The van der Waals surface area contributed by atoms with Gasteiger partial charge in [-0.05, 0) is 35.8 Å². The van der Waals surface area contributed by atoms with Crippen molar-refractivity contribution in [2.45, 2.75) is 49.5 Å². The van der Waals surface area contributed by atoms with Crippen LogP contribution in [-0.4, -0.2) is 99.4 Å². The number of hydrogen-bond donors (Lipinski definition) is 6. The molecule has 2 heterocycles. The number of rotatable bonds is 8. The predicted octanol–water partition coefficient (Wildman–Crippen LogP) is -0.341. The Kier molecular flexibility index (Phi) is 8.59. The Labute approximate surface area is 222 Å². The Morgan fingerprint density at radius 3 is 2.59 bits per heavy atom. The molecule has 1 aromatic rings. The minimum atomic E-state index is -1.74. The Bertz CT molecular complexity index is 1160. The minimum Gasteiger partial charge on any atom is -0.504 e. The van der Waals surface area contributed by atoms with Crippen molar-refractivity contribution in [3.05, 3.63) is 53.8 Å². The van der Waals surface area contributed by atoms with E-state index in [0.29, 0.717) is 5.56 Å². The second kappa shape index (κ2) is 11.7. The molecule has 13 nitrogen and oxygen atoms in total. The number of phenols is 1. The summed E-state index contributed by atoms with van der Waals surface area (Å²) in [5, 5.41) is 60.2. The average Bonchev–Trinajstić information content (AvgIpc) is 3.21. The number of carbonyl (C=O) groups excluding carboxylic acids is 1. The van der Waals surface area contributed by atoms with Crippen molar-refractivity contribution in [3.8, 4) is 11.5 Å². The van der Waals surface area contributed by atoms with Gasteiger partial charge in [-0.2, -0.15) is 0 Å². The summed E-state index contributed by atoms with van der Waals surface area (Å²) in [7, 11) is 1.37. The topological polar surface area (TPSA) is 202 Å². The predicted molar refractivity (Wildman–Crippen MR) is 130 cm³/mol. The third-order valence-electron chi connectivity index (χ3n) is 7.00. The highest BCUT2D eigenvalue weighted by Crippen LogP contribution is 2.46. The Morgan fingerprint density at radius 1 is 1.18 bits per heavy atom. The minimum absolute atomic E-state index is 0.0717. The van der Waals surface area contributed by atoms with Crippen LogP contribution in [0.25, 0.3) is 6.08 Å². The number of ether oxygens (including phenoxy) is 5. The Hall–Kier alpha value is -3.46. The summed E-state index contributed by atoms with van der Waals surface area (Å²) >= 11 is 0. The molecule has 4 rings (SSSR count). The van der Waals surface area contributed by atoms with Crippen LogP contribution < -0.4 is 4.74 Å². The highest BCUT2D eigenvalue weighted by atomic mass is 16.8. The SMILES string of the molecule is C=C1[C@H]2[C@H](O[C@@H]3O[C@H](CO)[C@@H](O)[C@H](O)[C@H]3OC(=O)/C=C/c3ccc(O)c(OC)c3)OC=C(C(=O)O)[C@H]2C[C@@H]1O. The first-order chi connectivity index (χ1) is 18.5. The van der Waals surface area contributed by atoms with Gasteiger partial charge in [0.2, 0.25) is 12.6 Å². The second-order valence-electron chi connectivity index (χ2n) is 9.35. The van der Waals surface area contributed by atoms with Gasteiger partial charge in [-0.3, -0.25) is 0 Å². The number of aliphatic hydroxyl groups excluding tert-OH is 4. The third-order valence-corrected chi connectivity index (χ3v) is 7.00. The zero-order valence-electron chi connectivity index (χ0n) is 20.8. The summed E-state index contributed by atoms with van der Waals surface area (Å²) in [6.07, 6.45) is -6.66. The number of aromatic hydroxyl groups is 1. The molecule has 9 atom stereocenters. The smallest absolute Gasteiger partial charge is 0.334 e. The fraction of sp³-hybridized carbons (Fsp3) is 0.462. The lowest BCUT2D eigenvalue weighted by Gasteiger charge is -2.43. The average molecular weight is 551 g/mol. The molecule has 0 unspecified atom stereocenters. The van der Waals surface area contributed by atoms with Gasteiger partial charge in [-0.15, -0.1) is 0 Å². The quantitative estimate of drug-likeness (QED) is 0.140. The van der Waals surface area contributed by atoms with Gasteiger partial charge in [0.1, 0.15) is 18.3 Å². The molecule has 39 heavy (non-hydrogen) atoms. The van der Waals surface area contributed by atoms with Crippen LogP contribution in [0.4, 0.5) is 0 Å². The summed E-state index contributed by atoms with van der Waals surface area (Å²) in [6, 6.07) is 4.35. The zero-order valence-corrected chi connectivity index (χ0v) is 20.8. The highest BCUT2D eigenvalue weighted by molar-refractivity contribution is 5.88. The first-order valence-electron chi connectivity index (χ1n) is 12.0. The summed E-state index contributed by atoms with van der Waals surface area (Å²) in [5.74, 6) is -3.60. The molecule has 1 aliphatic carbocycles. The van der Waals surface area contributed by atoms with Gasteiger partial charge < -0.3 is 54.3 Å². The van der Waals surface area contributed by atoms with E-state index in [4.69, 9.17) is 23.7 Å². The number of carboxylic acids is 1. The molecule has 0 aromatic heterocycles. The summed E-state index contributed by atoms with van der Waals surface area (Å²) in [5.41, 5.74) is 0.675. The van der Waals surface area contributed by atoms with Crippen LogP contribution in [0.3, 0.4) is 0 Å². The van der Waals surface area contributed by atoms with Crippen LogP contribution in [0.2, 0.25) is 0 Å². The van der Waals surface area contributed by atoms with E-state index in [1.54, 1.807) is 0 Å². The molecule has 1 saturated heterocycles. The van der Waals surface area contributed by atoms with Crippen LogP contribution in [0.15, 0.2) is 48.3 Å². The summed E-state index contributed by atoms with van der Waals surface area (Å²) in [4.78, 5) is 24.3. The maximum Gasteiger partial charge on any atom is 0.334 e. The van der Waals surface area contributed by atoms with E-state index in [1.165, 1.54) is 31.4 Å². The van der Waals surface area contributed by atoms with E-state index in [9.17, 15) is 40.2 Å². The number of aliphatic hydroxyl groups is 4. The summed E-state index contributed by atoms with van der Waals surface area (Å²) in [6.45, 7) is 3.13. The fourth-order valence-electron chi connectivity index (χ4n) is 4.90. The molecule has 0 radical (unpaired) electrons. The number of methoxy groups -OCH3 is 1. The maximum absolute atomic E-state index is 12.6. The molecule has 0 bridgehead atoms. The third kappa shape index (κ3) is 5.78. The lowest BCUT2D eigenvalue weighted by molar-refractivity contribution is -0.340. The number of benzene rings is 1. The molecule has 1 aromatic carbocycles. The van der Waals surface area contributed by atoms with Crippen molar-refractivity contribution in [2.24, 2.45) is 11.8 Å². The van der Waals surface area contributed by atoms with E-state index in [2.05, 4.69) is 6.58 Å². The number of phenolic OH excluding ortho intramolecular Hbond substituents is 1. The van der Waals surface area contributed by atoms with Gasteiger partial charge in [0.05, 0.1) is 37.6 Å². The number of aliphatic carboxylic acids is 1. The highest BCUT2D eigenvalue weighted by Gasteiger charge is 2.53. The molecule has 6 N–H and O–H groups in total. The molecule has 1 saturated carbocycles. The Morgan fingerprint density at radius 2 is 1.92 bits per heavy atom. The molecular weight excluding hydrogens is 520 g/mol. The maximum atomic E-state index is 12.6. The fourth-order valence-corrected chi connectivity index (χ4v) is 4.90. The van der Waals surface area contributed by atoms with Crippen LogP contribution in [-0.2, 0) is 28.5 Å². The normalized spacial score (nSPS) is 34.2. The second-order valence-corrected chi connectivity index (χ2v) is 9.35. The molecule has 2 aliphatic heterocycles. The zero-order chi connectivity index (χ0) is 28.4. The molecule has 0 spiro atoms. The van der Waals surface area contributed by atoms with E-state index >= 15 is 0 Å². The summed E-state index contributed by atoms with van der Waals surface area (Å²) < 4.78 is 27.4. The van der Waals surface area contributed by atoms with E-state index in [1.807, 2.05) is 0 Å². The molecule has 0 amide bonds. The van der Waals surface area contributed by atoms with Crippen molar-refractivity contribution in [2.75, 3.05) is 13.7 Å². The number of esters is 1. The van der Waals surface area contributed by atoms with Crippen LogP contribution in [0.1, 0.15) is 12.0 Å². The number of carboxylic acid groups (broad SMARTS) is 1. The van der Waals surface area contributed by atoms with Gasteiger partial charge in [0, 0.05) is 12.0 Å². The Balaban J connectivity index is 1.54. The molecule has 212 valence electrons. The molecule has 2 fully saturated rings. The van der Waals surface area contributed by atoms with E-state index < -0.39 is 73.5 Å². The number of carbonyl (C=O) groups is 2. The number of fused-ring (bicyclic) bond motifs is 1. The van der Waals surface area contributed by atoms with Crippen LogP contribution >= 0.6 is 0 Å².